The van der Waals surface area contributed by atoms with Gasteiger partial charge in [-0.25, -0.2) is 8.42 Å². The van der Waals surface area contributed by atoms with Crippen LogP contribution in [0.15, 0.2) is 53.4 Å². The number of rotatable bonds is 9. The van der Waals surface area contributed by atoms with Crippen LogP contribution in [-0.4, -0.2) is 30.7 Å². The number of benzene rings is 2. The summed E-state index contributed by atoms with van der Waals surface area (Å²) >= 11 is 0. The molecule has 0 aliphatic heterocycles. The molecule has 0 aliphatic carbocycles. The average Bonchev–Trinajstić information content (AvgIpc) is 2.67. The second kappa shape index (κ2) is 9.07. The van der Waals surface area contributed by atoms with Gasteiger partial charge in [-0.3, -0.25) is 10.1 Å². The van der Waals surface area contributed by atoms with Crippen LogP contribution in [0.25, 0.3) is 0 Å². The number of non-ortho nitro benzene ring substituents is 1. The van der Waals surface area contributed by atoms with Gasteiger partial charge in [0.1, 0.15) is 0 Å². The molecule has 0 saturated heterocycles. The molecule has 0 fully saturated rings. The van der Waals surface area contributed by atoms with Gasteiger partial charge in [0.15, 0.2) is 0 Å². The molecule has 2 aromatic carbocycles. The monoisotopic (exact) mass is 391 g/mol. The quantitative estimate of drug-likeness (QED) is 0.522. The van der Waals surface area contributed by atoms with Gasteiger partial charge >= 0.3 is 0 Å². The van der Waals surface area contributed by atoms with Crippen molar-refractivity contribution in [3.05, 3.63) is 69.8 Å². The van der Waals surface area contributed by atoms with E-state index in [1.165, 1.54) is 16.4 Å². The summed E-state index contributed by atoms with van der Waals surface area (Å²) in [7, 11) is -3.45. The number of nitro benzene ring substituents is 1. The molecule has 2 aromatic rings. The molecule has 7 nitrogen and oxygen atoms in total. The van der Waals surface area contributed by atoms with Crippen LogP contribution in [0, 0.1) is 10.1 Å². The molecule has 1 atom stereocenters. The lowest BCUT2D eigenvalue weighted by Gasteiger charge is -2.19. The summed E-state index contributed by atoms with van der Waals surface area (Å²) in [5, 5.41) is 14.0. The van der Waals surface area contributed by atoms with E-state index in [0.29, 0.717) is 19.6 Å². The van der Waals surface area contributed by atoms with E-state index < -0.39 is 14.9 Å². The molecule has 2 rings (SSSR count). The molecule has 146 valence electrons. The maximum atomic E-state index is 12.5. The van der Waals surface area contributed by atoms with Gasteiger partial charge in [0.05, 0.1) is 9.82 Å². The number of hydrogen-bond donors (Lipinski definition) is 1. The Morgan fingerprint density at radius 1 is 1.04 bits per heavy atom. The minimum Gasteiger partial charge on any atom is -0.306 e. The fraction of sp³-hybridized carbons (Fsp3) is 0.368. The molecule has 0 aliphatic rings. The minimum atomic E-state index is -3.45. The summed E-state index contributed by atoms with van der Waals surface area (Å²) in [5.74, 6) is 0. The number of sulfonamides is 1. The van der Waals surface area contributed by atoms with Gasteiger partial charge in [-0.1, -0.05) is 38.1 Å². The summed E-state index contributed by atoms with van der Waals surface area (Å²) in [6, 6.07) is 13.3. The van der Waals surface area contributed by atoms with Crippen molar-refractivity contribution in [2.24, 2.45) is 0 Å². The van der Waals surface area contributed by atoms with Gasteiger partial charge in [0.25, 0.3) is 5.69 Å². The van der Waals surface area contributed by atoms with Gasteiger partial charge < -0.3 is 5.32 Å². The smallest absolute Gasteiger partial charge is 0.269 e. The van der Waals surface area contributed by atoms with Gasteiger partial charge in [0, 0.05) is 37.8 Å². The van der Waals surface area contributed by atoms with Crippen molar-refractivity contribution in [3.8, 4) is 0 Å². The highest BCUT2D eigenvalue weighted by Gasteiger charge is 2.21. The predicted octanol–water partition coefficient (Wildman–Crippen LogP) is 3.48. The first kappa shape index (κ1) is 21.0. The summed E-state index contributed by atoms with van der Waals surface area (Å²) in [6.45, 7) is 7.05. The fourth-order valence-electron chi connectivity index (χ4n) is 2.77. The van der Waals surface area contributed by atoms with E-state index in [4.69, 9.17) is 0 Å². The molecule has 27 heavy (non-hydrogen) atoms. The zero-order chi connectivity index (χ0) is 20.0. The summed E-state index contributed by atoms with van der Waals surface area (Å²) in [5.41, 5.74) is 1.97. The van der Waals surface area contributed by atoms with E-state index in [9.17, 15) is 18.5 Å². The van der Waals surface area contributed by atoms with Gasteiger partial charge in [-0.2, -0.15) is 4.31 Å². The number of hydrogen-bond acceptors (Lipinski definition) is 5. The van der Waals surface area contributed by atoms with E-state index in [2.05, 4.69) is 5.32 Å². The highest BCUT2D eigenvalue weighted by molar-refractivity contribution is 7.89. The molecular formula is C19H25N3O4S. The van der Waals surface area contributed by atoms with E-state index in [-0.39, 0.29) is 16.6 Å². The van der Waals surface area contributed by atoms with Crippen LogP contribution in [0.4, 0.5) is 5.69 Å². The largest absolute Gasteiger partial charge is 0.306 e. The Labute approximate surface area is 160 Å². The van der Waals surface area contributed by atoms with Crippen molar-refractivity contribution in [1.82, 2.24) is 9.62 Å². The highest BCUT2D eigenvalue weighted by Crippen LogP contribution is 2.20. The Morgan fingerprint density at radius 3 is 2.07 bits per heavy atom. The molecule has 0 amide bonds. The normalized spacial score (nSPS) is 12.9. The molecular weight excluding hydrogens is 366 g/mol. The predicted molar refractivity (Wildman–Crippen MR) is 105 cm³/mol. The van der Waals surface area contributed by atoms with Crippen molar-refractivity contribution in [3.63, 3.8) is 0 Å². The van der Waals surface area contributed by atoms with Crippen LogP contribution in [0.2, 0.25) is 0 Å². The number of nitrogens with zero attached hydrogens (tertiary/aromatic N) is 2. The molecule has 0 spiro atoms. The van der Waals surface area contributed by atoms with Crippen molar-refractivity contribution in [1.29, 1.82) is 0 Å². The first-order chi connectivity index (χ1) is 12.8. The number of nitro groups is 1. The van der Waals surface area contributed by atoms with Crippen LogP contribution in [0.1, 0.15) is 37.9 Å². The maximum Gasteiger partial charge on any atom is 0.269 e. The van der Waals surface area contributed by atoms with E-state index in [0.717, 1.165) is 11.1 Å². The lowest BCUT2D eigenvalue weighted by molar-refractivity contribution is -0.384. The Hall–Kier alpha value is -2.29. The molecule has 1 unspecified atom stereocenters. The Bertz CT molecular complexity index is 861. The zero-order valence-corrected chi connectivity index (χ0v) is 16.6. The third-order valence-electron chi connectivity index (χ3n) is 4.48. The zero-order valence-electron chi connectivity index (χ0n) is 15.8. The van der Waals surface area contributed by atoms with Gasteiger partial charge in [0.2, 0.25) is 10.0 Å². The molecule has 0 aromatic heterocycles. The van der Waals surface area contributed by atoms with Crippen LogP contribution < -0.4 is 5.32 Å². The van der Waals surface area contributed by atoms with Crippen LogP contribution in [0.3, 0.4) is 0 Å². The lowest BCUT2D eigenvalue weighted by atomic mass is 10.1. The first-order valence-corrected chi connectivity index (χ1v) is 10.3. The van der Waals surface area contributed by atoms with Gasteiger partial charge in [-0.05, 0) is 30.2 Å². The SMILES string of the molecule is CCN(CC)S(=O)(=O)c1ccc(C(C)NCc2ccc([N+](=O)[O-])cc2)cc1. The fourth-order valence-corrected chi connectivity index (χ4v) is 4.22. The molecule has 0 heterocycles. The summed E-state index contributed by atoms with van der Waals surface area (Å²) in [6.07, 6.45) is 0. The van der Waals surface area contributed by atoms with E-state index >= 15 is 0 Å². The van der Waals surface area contributed by atoms with Gasteiger partial charge in [-0.15, -0.1) is 0 Å². The van der Waals surface area contributed by atoms with Crippen LogP contribution in [-0.2, 0) is 16.6 Å². The lowest BCUT2D eigenvalue weighted by Crippen LogP contribution is -2.30. The second-order valence-corrected chi connectivity index (χ2v) is 8.12. The average molecular weight is 391 g/mol. The standard InChI is InChI=1S/C19H25N3O4S/c1-4-21(5-2)27(25,26)19-12-8-17(9-13-19)15(3)20-14-16-6-10-18(11-7-16)22(23)24/h6-13,15,20H,4-5,14H2,1-3H3. The molecule has 0 saturated carbocycles. The Balaban J connectivity index is 2.03. The molecule has 8 heteroatoms. The Morgan fingerprint density at radius 2 is 1.59 bits per heavy atom. The summed E-state index contributed by atoms with van der Waals surface area (Å²) in [4.78, 5) is 10.6. The van der Waals surface area contributed by atoms with Crippen LogP contribution in [0.5, 0.6) is 0 Å². The first-order valence-electron chi connectivity index (χ1n) is 8.86. The summed E-state index contributed by atoms with van der Waals surface area (Å²) < 4.78 is 26.5. The third kappa shape index (κ3) is 5.12. The van der Waals surface area contributed by atoms with Crippen molar-refractivity contribution in [2.45, 2.75) is 38.3 Å². The maximum absolute atomic E-state index is 12.5. The highest BCUT2D eigenvalue weighted by atomic mass is 32.2. The molecule has 1 N–H and O–H groups in total. The van der Waals surface area contributed by atoms with Crippen LogP contribution >= 0.6 is 0 Å². The van der Waals surface area contributed by atoms with Crippen molar-refractivity contribution in [2.75, 3.05) is 13.1 Å². The number of nitrogens with one attached hydrogen (secondary N) is 1. The topological polar surface area (TPSA) is 92.6 Å². The van der Waals surface area contributed by atoms with Crippen molar-refractivity contribution < 1.29 is 13.3 Å². The Kier molecular flexibility index (Phi) is 7.06. The van der Waals surface area contributed by atoms with Crippen molar-refractivity contribution >= 4 is 15.7 Å². The van der Waals surface area contributed by atoms with E-state index in [1.54, 1.807) is 24.3 Å². The second-order valence-electron chi connectivity index (χ2n) is 6.18. The molecule has 0 radical (unpaired) electrons. The van der Waals surface area contributed by atoms with E-state index in [1.807, 2.05) is 32.9 Å². The minimum absolute atomic E-state index is 0.00500. The third-order valence-corrected chi connectivity index (χ3v) is 6.55. The molecule has 0 bridgehead atoms.